The smallest absolute Gasteiger partial charge is 0.336 e. The van der Waals surface area contributed by atoms with Crippen molar-refractivity contribution in [2.45, 2.75) is 38.4 Å². The van der Waals surface area contributed by atoms with Crippen molar-refractivity contribution in [2.24, 2.45) is 0 Å². The summed E-state index contributed by atoms with van der Waals surface area (Å²) in [5.41, 5.74) is 1.86. The molecule has 0 unspecified atom stereocenters. The van der Waals surface area contributed by atoms with E-state index in [0.717, 1.165) is 49.7 Å². The number of pyridine rings is 2. The topological polar surface area (TPSA) is 41.1 Å². The molecule has 0 aliphatic carbocycles. The van der Waals surface area contributed by atoms with Crippen molar-refractivity contribution in [3.05, 3.63) is 48.0 Å². The number of nitrogens with zero attached hydrogens (tertiary/aromatic N) is 3. The number of anilines is 2. The zero-order chi connectivity index (χ0) is 17.9. The van der Waals surface area contributed by atoms with Gasteiger partial charge >= 0.3 is 6.18 Å². The number of piperidine rings is 1. The van der Waals surface area contributed by atoms with Gasteiger partial charge in [-0.3, -0.25) is 4.98 Å². The van der Waals surface area contributed by atoms with E-state index in [1.165, 1.54) is 12.3 Å². The van der Waals surface area contributed by atoms with Gasteiger partial charge in [0.25, 0.3) is 0 Å². The Morgan fingerprint density at radius 3 is 2.46 bits per heavy atom. The predicted octanol–water partition coefficient (Wildman–Crippen LogP) is 4.37. The third-order valence-electron chi connectivity index (χ3n) is 4.52. The van der Waals surface area contributed by atoms with Crippen molar-refractivity contribution in [3.63, 3.8) is 0 Å². The Hall–Kier alpha value is -1.86. The molecule has 3 rings (SSSR count). The number of halogens is 4. The Bertz CT molecular complexity index is 700. The molecule has 2 aromatic heterocycles. The monoisotopic (exact) mass is 386 g/mol. The van der Waals surface area contributed by atoms with E-state index in [9.17, 15) is 13.2 Å². The molecule has 1 saturated heterocycles. The summed E-state index contributed by atoms with van der Waals surface area (Å²) in [7, 11) is 0. The normalized spacial score (nSPS) is 15.4. The molecule has 2 aromatic rings. The van der Waals surface area contributed by atoms with Crippen LogP contribution in [0.2, 0.25) is 0 Å². The van der Waals surface area contributed by atoms with E-state index in [2.05, 4.69) is 27.1 Å². The summed E-state index contributed by atoms with van der Waals surface area (Å²) in [6.45, 7) is 3.83. The minimum atomic E-state index is -4.43. The Labute approximate surface area is 157 Å². The first-order chi connectivity index (χ1) is 12.0. The standard InChI is InChI=1S/C18H21F3N4.ClH/c1-2-13-5-8-23-12-16(13)25(14-6-9-22-10-7-14)15-3-4-17(24-11-15)18(19,20)21;/h3-5,8,11-12,14,22H,2,6-7,9-10H2,1H3;1H. The van der Waals surface area contributed by atoms with Crippen LogP contribution in [-0.4, -0.2) is 29.1 Å². The maximum atomic E-state index is 12.8. The van der Waals surface area contributed by atoms with Crippen LogP contribution >= 0.6 is 12.4 Å². The molecule has 1 fully saturated rings. The van der Waals surface area contributed by atoms with Crippen molar-refractivity contribution >= 4 is 23.8 Å². The maximum Gasteiger partial charge on any atom is 0.433 e. The van der Waals surface area contributed by atoms with Gasteiger partial charge in [-0.05, 0) is 56.1 Å². The molecule has 0 spiro atoms. The third kappa shape index (κ3) is 4.45. The van der Waals surface area contributed by atoms with Gasteiger partial charge in [0.15, 0.2) is 0 Å². The highest BCUT2D eigenvalue weighted by Crippen LogP contribution is 2.34. The maximum absolute atomic E-state index is 12.8. The SMILES string of the molecule is CCc1ccncc1N(c1ccc(C(F)(F)F)nc1)C1CCNCC1.Cl. The summed E-state index contributed by atoms with van der Waals surface area (Å²) in [5, 5.41) is 3.32. The Morgan fingerprint density at radius 1 is 1.15 bits per heavy atom. The first-order valence-corrected chi connectivity index (χ1v) is 8.46. The highest BCUT2D eigenvalue weighted by Gasteiger charge is 2.33. The Balaban J connectivity index is 0.00000243. The second kappa shape index (κ2) is 8.68. The molecule has 1 aliphatic rings. The zero-order valence-corrected chi connectivity index (χ0v) is 15.3. The van der Waals surface area contributed by atoms with Crippen LogP contribution in [0.3, 0.4) is 0 Å². The van der Waals surface area contributed by atoms with Crippen LogP contribution in [0.4, 0.5) is 24.5 Å². The number of aromatic nitrogens is 2. The fraction of sp³-hybridized carbons (Fsp3) is 0.444. The molecule has 0 aromatic carbocycles. The van der Waals surface area contributed by atoms with E-state index in [0.29, 0.717) is 5.69 Å². The average molecular weight is 387 g/mol. The lowest BCUT2D eigenvalue weighted by molar-refractivity contribution is -0.141. The largest absolute Gasteiger partial charge is 0.433 e. The fourth-order valence-corrected chi connectivity index (χ4v) is 3.24. The number of nitrogens with one attached hydrogen (secondary N) is 1. The molecular formula is C18H22ClF3N4. The van der Waals surface area contributed by atoms with Gasteiger partial charge in [0.2, 0.25) is 0 Å². The zero-order valence-electron chi connectivity index (χ0n) is 14.5. The molecule has 142 valence electrons. The van der Waals surface area contributed by atoms with Crippen LogP contribution in [0.1, 0.15) is 31.0 Å². The van der Waals surface area contributed by atoms with Gasteiger partial charge in [-0.25, -0.2) is 4.98 Å². The summed E-state index contributed by atoms with van der Waals surface area (Å²) in [4.78, 5) is 9.97. The lowest BCUT2D eigenvalue weighted by Gasteiger charge is -2.37. The van der Waals surface area contributed by atoms with E-state index >= 15 is 0 Å². The van der Waals surface area contributed by atoms with Gasteiger partial charge in [-0.1, -0.05) is 6.92 Å². The van der Waals surface area contributed by atoms with Crippen LogP contribution in [0.15, 0.2) is 36.8 Å². The lowest BCUT2D eigenvalue weighted by atomic mass is 10.0. The molecule has 0 radical (unpaired) electrons. The molecule has 0 saturated carbocycles. The number of hydrogen-bond donors (Lipinski definition) is 1. The minimum absolute atomic E-state index is 0. The highest BCUT2D eigenvalue weighted by atomic mass is 35.5. The summed E-state index contributed by atoms with van der Waals surface area (Å²) in [6.07, 6.45) is 3.08. The van der Waals surface area contributed by atoms with Crippen LogP contribution in [0, 0.1) is 0 Å². The summed E-state index contributed by atoms with van der Waals surface area (Å²) in [6, 6.07) is 4.71. The summed E-state index contributed by atoms with van der Waals surface area (Å²) < 4.78 is 38.5. The summed E-state index contributed by atoms with van der Waals surface area (Å²) >= 11 is 0. The molecule has 1 N–H and O–H groups in total. The molecule has 3 heterocycles. The molecule has 26 heavy (non-hydrogen) atoms. The van der Waals surface area contributed by atoms with Crippen molar-refractivity contribution in [1.29, 1.82) is 0 Å². The van der Waals surface area contributed by atoms with E-state index in [1.54, 1.807) is 12.4 Å². The van der Waals surface area contributed by atoms with Crippen LogP contribution in [0.5, 0.6) is 0 Å². The van der Waals surface area contributed by atoms with Gasteiger partial charge in [-0.2, -0.15) is 13.2 Å². The summed E-state index contributed by atoms with van der Waals surface area (Å²) in [5.74, 6) is 0. The molecule has 0 bridgehead atoms. The molecule has 1 aliphatic heterocycles. The van der Waals surface area contributed by atoms with Crippen molar-refractivity contribution in [2.75, 3.05) is 18.0 Å². The van der Waals surface area contributed by atoms with Gasteiger partial charge in [0.05, 0.1) is 23.8 Å². The second-order valence-corrected chi connectivity index (χ2v) is 6.11. The molecule has 8 heteroatoms. The first-order valence-electron chi connectivity index (χ1n) is 8.46. The fourth-order valence-electron chi connectivity index (χ4n) is 3.24. The Morgan fingerprint density at radius 2 is 1.88 bits per heavy atom. The van der Waals surface area contributed by atoms with Crippen LogP contribution in [0.25, 0.3) is 0 Å². The van der Waals surface area contributed by atoms with Gasteiger partial charge in [-0.15, -0.1) is 12.4 Å². The highest BCUT2D eigenvalue weighted by molar-refractivity contribution is 5.85. The van der Waals surface area contributed by atoms with Crippen molar-refractivity contribution in [3.8, 4) is 0 Å². The van der Waals surface area contributed by atoms with E-state index in [-0.39, 0.29) is 18.4 Å². The number of rotatable bonds is 4. The van der Waals surface area contributed by atoms with Crippen LogP contribution < -0.4 is 10.2 Å². The molecular weight excluding hydrogens is 365 g/mol. The number of alkyl halides is 3. The molecule has 4 nitrogen and oxygen atoms in total. The van der Waals surface area contributed by atoms with E-state index < -0.39 is 11.9 Å². The van der Waals surface area contributed by atoms with E-state index in [4.69, 9.17) is 0 Å². The van der Waals surface area contributed by atoms with E-state index in [1.807, 2.05) is 6.07 Å². The lowest BCUT2D eigenvalue weighted by Crippen LogP contribution is -2.41. The van der Waals surface area contributed by atoms with Crippen molar-refractivity contribution in [1.82, 2.24) is 15.3 Å². The predicted molar refractivity (Wildman–Crippen MR) is 98.1 cm³/mol. The molecule has 0 atom stereocenters. The van der Waals surface area contributed by atoms with Gasteiger partial charge < -0.3 is 10.2 Å². The minimum Gasteiger partial charge on any atom is -0.336 e. The van der Waals surface area contributed by atoms with Gasteiger partial charge in [0.1, 0.15) is 5.69 Å². The first kappa shape index (κ1) is 20.5. The van der Waals surface area contributed by atoms with Crippen LogP contribution in [-0.2, 0) is 12.6 Å². The second-order valence-electron chi connectivity index (χ2n) is 6.11. The number of aryl methyl sites for hydroxylation is 1. The Kier molecular flexibility index (Phi) is 6.83. The van der Waals surface area contributed by atoms with Crippen molar-refractivity contribution < 1.29 is 13.2 Å². The molecule has 0 amide bonds. The average Bonchev–Trinajstić information content (AvgIpc) is 2.63. The van der Waals surface area contributed by atoms with Gasteiger partial charge in [0, 0.05) is 12.2 Å². The quantitative estimate of drug-likeness (QED) is 0.847. The third-order valence-corrected chi connectivity index (χ3v) is 4.52. The number of hydrogen-bond acceptors (Lipinski definition) is 4.